The quantitative estimate of drug-likeness (QED) is 0.773. The maximum absolute atomic E-state index is 4.46. The van der Waals surface area contributed by atoms with Crippen molar-refractivity contribution in [3.8, 4) is 0 Å². The molecule has 0 amide bonds. The predicted molar refractivity (Wildman–Crippen MR) is 58.2 cm³/mol. The summed E-state index contributed by atoms with van der Waals surface area (Å²) in [5, 5.41) is 3.14. The highest BCUT2D eigenvalue weighted by Gasteiger charge is 2.01. The first-order valence-electron chi connectivity index (χ1n) is 4.95. The summed E-state index contributed by atoms with van der Waals surface area (Å²) >= 11 is 0. The van der Waals surface area contributed by atoms with Crippen LogP contribution in [0.4, 0.5) is 0 Å². The lowest BCUT2D eigenvalue weighted by molar-refractivity contribution is 0.819. The summed E-state index contributed by atoms with van der Waals surface area (Å²) in [4.78, 5) is 7.76. The maximum atomic E-state index is 4.46. The number of aryl methyl sites for hydroxylation is 1. The SMILES string of the molecule is CCc1nc2ccc(CNC)cc2[nH]1. The van der Waals surface area contributed by atoms with Gasteiger partial charge in [0.1, 0.15) is 5.82 Å². The van der Waals surface area contributed by atoms with Crippen molar-refractivity contribution in [2.75, 3.05) is 7.05 Å². The first-order valence-corrected chi connectivity index (χ1v) is 4.95. The van der Waals surface area contributed by atoms with Gasteiger partial charge in [-0.2, -0.15) is 0 Å². The molecule has 74 valence electrons. The normalized spacial score (nSPS) is 11.0. The monoisotopic (exact) mass is 189 g/mol. The van der Waals surface area contributed by atoms with E-state index in [9.17, 15) is 0 Å². The molecule has 0 aliphatic heterocycles. The fraction of sp³-hybridized carbons (Fsp3) is 0.364. The highest BCUT2D eigenvalue weighted by molar-refractivity contribution is 5.75. The Balaban J connectivity index is 2.43. The molecular weight excluding hydrogens is 174 g/mol. The van der Waals surface area contributed by atoms with Gasteiger partial charge in [0, 0.05) is 13.0 Å². The van der Waals surface area contributed by atoms with Crippen LogP contribution in [0.3, 0.4) is 0 Å². The van der Waals surface area contributed by atoms with E-state index in [1.54, 1.807) is 0 Å². The van der Waals surface area contributed by atoms with E-state index >= 15 is 0 Å². The molecule has 0 bridgehead atoms. The van der Waals surface area contributed by atoms with Crippen LogP contribution < -0.4 is 5.32 Å². The zero-order valence-corrected chi connectivity index (χ0v) is 8.59. The lowest BCUT2D eigenvalue weighted by atomic mass is 10.2. The van der Waals surface area contributed by atoms with Crippen molar-refractivity contribution in [2.24, 2.45) is 0 Å². The zero-order chi connectivity index (χ0) is 9.97. The van der Waals surface area contributed by atoms with Crippen LogP contribution >= 0.6 is 0 Å². The lowest BCUT2D eigenvalue weighted by Crippen LogP contribution is -2.04. The summed E-state index contributed by atoms with van der Waals surface area (Å²) in [6, 6.07) is 6.33. The molecule has 0 aliphatic carbocycles. The minimum absolute atomic E-state index is 0.899. The van der Waals surface area contributed by atoms with Crippen LogP contribution in [0.15, 0.2) is 18.2 Å². The summed E-state index contributed by atoms with van der Waals surface area (Å²) in [5.41, 5.74) is 3.47. The van der Waals surface area contributed by atoms with Crippen LogP contribution in [0.25, 0.3) is 11.0 Å². The number of aromatic nitrogens is 2. The molecule has 1 aromatic heterocycles. The second kappa shape index (κ2) is 3.80. The smallest absolute Gasteiger partial charge is 0.106 e. The molecule has 1 heterocycles. The van der Waals surface area contributed by atoms with Crippen molar-refractivity contribution in [3.05, 3.63) is 29.6 Å². The first kappa shape index (κ1) is 9.21. The molecule has 0 fully saturated rings. The van der Waals surface area contributed by atoms with Crippen LogP contribution in [0.5, 0.6) is 0 Å². The van der Waals surface area contributed by atoms with Gasteiger partial charge < -0.3 is 10.3 Å². The summed E-state index contributed by atoms with van der Waals surface area (Å²) < 4.78 is 0. The molecule has 0 unspecified atom stereocenters. The number of aromatic amines is 1. The Labute approximate surface area is 83.6 Å². The maximum Gasteiger partial charge on any atom is 0.106 e. The molecule has 0 spiro atoms. The minimum atomic E-state index is 0.899. The average Bonchev–Trinajstić information content (AvgIpc) is 2.60. The molecule has 3 nitrogen and oxygen atoms in total. The molecule has 0 saturated carbocycles. The Kier molecular flexibility index (Phi) is 2.50. The predicted octanol–water partition coefficient (Wildman–Crippen LogP) is 1.84. The van der Waals surface area contributed by atoms with E-state index in [1.807, 2.05) is 7.05 Å². The van der Waals surface area contributed by atoms with Gasteiger partial charge in [0.05, 0.1) is 11.0 Å². The fourth-order valence-corrected chi connectivity index (χ4v) is 1.59. The molecule has 2 rings (SSSR count). The Morgan fingerprint density at radius 2 is 2.29 bits per heavy atom. The number of hydrogen-bond acceptors (Lipinski definition) is 2. The highest BCUT2D eigenvalue weighted by Crippen LogP contribution is 2.13. The van der Waals surface area contributed by atoms with Gasteiger partial charge in [0.15, 0.2) is 0 Å². The largest absolute Gasteiger partial charge is 0.342 e. The van der Waals surface area contributed by atoms with Gasteiger partial charge in [-0.25, -0.2) is 4.98 Å². The third-order valence-corrected chi connectivity index (χ3v) is 2.31. The number of benzene rings is 1. The molecular formula is C11H15N3. The van der Waals surface area contributed by atoms with Gasteiger partial charge in [0.2, 0.25) is 0 Å². The number of fused-ring (bicyclic) bond motifs is 1. The van der Waals surface area contributed by atoms with E-state index in [0.717, 1.165) is 29.8 Å². The van der Waals surface area contributed by atoms with Crippen molar-refractivity contribution in [3.63, 3.8) is 0 Å². The summed E-state index contributed by atoms with van der Waals surface area (Å²) in [5.74, 6) is 1.06. The summed E-state index contributed by atoms with van der Waals surface area (Å²) in [6.07, 6.45) is 0.954. The average molecular weight is 189 g/mol. The molecule has 0 saturated heterocycles. The Hall–Kier alpha value is -1.35. The number of nitrogens with zero attached hydrogens (tertiary/aromatic N) is 1. The fourth-order valence-electron chi connectivity index (χ4n) is 1.59. The van der Waals surface area contributed by atoms with Crippen molar-refractivity contribution in [1.82, 2.24) is 15.3 Å². The van der Waals surface area contributed by atoms with Gasteiger partial charge >= 0.3 is 0 Å². The molecule has 1 aromatic carbocycles. The Morgan fingerprint density at radius 3 is 3.00 bits per heavy atom. The van der Waals surface area contributed by atoms with Gasteiger partial charge in [-0.15, -0.1) is 0 Å². The number of nitrogens with one attached hydrogen (secondary N) is 2. The Bertz CT molecular complexity index is 431. The molecule has 0 aliphatic rings. The van der Waals surface area contributed by atoms with Gasteiger partial charge in [-0.1, -0.05) is 13.0 Å². The van der Waals surface area contributed by atoms with Crippen molar-refractivity contribution in [2.45, 2.75) is 19.9 Å². The second-order valence-corrected chi connectivity index (χ2v) is 3.42. The molecule has 14 heavy (non-hydrogen) atoms. The topological polar surface area (TPSA) is 40.7 Å². The molecule has 0 atom stereocenters. The van der Waals surface area contributed by atoms with E-state index in [-0.39, 0.29) is 0 Å². The third-order valence-electron chi connectivity index (χ3n) is 2.31. The van der Waals surface area contributed by atoms with Gasteiger partial charge in [-0.05, 0) is 24.7 Å². The van der Waals surface area contributed by atoms with Crippen molar-refractivity contribution >= 4 is 11.0 Å². The lowest BCUT2D eigenvalue weighted by Gasteiger charge is -1.98. The van der Waals surface area contributed by atoms with Crippen LogP contribution in [0, 0.1) is 0 Å². The van der Waals surface area contributed by atoms with Crippen LogP contribution in [0.1, 0.15) is 18.3 Å². The second-order valence-electron chi connectivity index (χ2n) is 3.42. The standard InChI is InChI=1S/C11H15N3/c1-3-11-13-9-5-4-8(7-12-2)6-10(9)14-11/h4-6,12H,3,7H2,1-2H3,(H,13,14). The zero-order valence-electron chi connectivity index (χ0n) is 8.59. The van der Waals surface area contributed by atoms with E-state index in [0.29, 0.717) is 0 Å². The van der Waals surface area contributed by atoms with Crippen LogP contribution in [0.2, 0.25) is 0 Å². The van der Waals surface area contributed by atoms with E-state index in [2.05, 4.69) is 40.4 Å². The van der Waals surface area contributed by atoms with Crippen molar-refractivity contribution in [1.29, 1.82) is 0 Å². The van der Waals surface area contributed by atoms with Crippen molar-refractivity contribution < 1.29 is 0 Å². The number of rotatable bonds is 3. The van der Waals surface area contributed by atoms with E-state index < -0.39 is 0 Å². The third kappa shape index (κ3) is 1.63. The van der Waals surface area contributed by atoms with E-state index in [1.165, 1.54) is 5.56 Å². The summed E-state index contributed by atoms with van der Waals surface area (Å²) in [6.45, 7) is 3.00. The van der Waals surface area contributed by atoms with Crippen LogP contribution in [-0.4, -0.2) is 17.0 Å². The number of hydrogen-bond donors (Lipinski definition) is 2. The number of imidazole rings is 1. The molecule has 0 radical (unpaired) electrons. The molecule has 3 heteroatoms. The van der Waals surface area contributed by atoms with Gasteiger partial charge in [-0.3, -0.25) is 0 Å². The molecule has 2 aromatic rings. The molecule has 2 N–H and O–H groups in total. The van der Waals surface area contributed by atoms with Gasteiger partial charge in [0.25, 0.3) is 0 Å². The van der Waals surface area contributed by atoms with E-state index in [4.69, 9.17) is 0 Å². The number of H-pyrrole nitrogens is 1. The first-order chi connectivity index (χ1) is 6.83. The minimum Gasteiger partial charge on any atom is -0.342 e. The summed E-state index contributed by atoms with van der Waals surface area (Å²) in [7, 11) is 1.95. The Morgan fingerprint density at radius 1 is 1.43 bits per heavy atom. The highest BCUT2D eigenvalue weighted by atomic mass is 14.9. The van der Waals surface area contributed by atoms with Crippen LogP contribution in [-0.2, 0) is 13.0 Å².